The molecule has 3 nitrogen and oxygen atoms in total. The Balaban J connectivity index is 1.50. The van der Waals surface area contributed by atoms with Crippen LogP contribution >= 0.6 is 0 Å². The summed E-state index contributed by atoms with van der Waals surface area (Å²) >= 11 is 0. The molecule has 1 aliphatic heterocycles. The second-order valence-corrected chi connectivity index (χ2v) is 7.18. The van der Waals surface area contributed by atoms with E-state index < -0.39 is 0 Å². The number of aliphatic hydroxyl groups is 1. The van der Waals surface area contributed by atoms with Crippen molar-refractivity contribution in [1.82, 2.24) is 5.32 Å². The van der Waals surface area contributed by atoms with Gasteiger partial charge in [0.25, 0.3) is 0 Å². The fourth-order valence-electron chi connectivity index (χ4n) is 3.90. The highest BCUT2D eigenvalue weighted by Crippen LogP contribution is 2.26. The predicted octanol–water partition coefficient (Wildman–Crippen LogP) is 3.17. The monoisotopic (exact) mass is 302 g/mol. The highest BCUT2D eigenvalue weighted by molar-refractivity contribution is 5.48. The number of benzene rings is 1. The van der Waals surface area contributed by atoms with Crippen LogP contribution < -0.4 is 10.2 Å². The molecule has 1 aromatic rings. The SMILES string of the molecule is CC1CCCC1NCc1ccc(N2CCC(CO)CC2)cc1. The Morgan fingerprint density at radius 3 is 2.41 bits per heavy atom. The number of hydrogen-bond acceptors (Lipinski definition) is 3. The zero-order valence-corrected chi connectivity index (χ0v) is 13.8. The van der Waals surface area contributed by atoms with Crippen LogP contribution in [0.4, 0.5) is 5.69 Å². The lowest BCUT2D eigenvalue weighted by Crippen LogP contribution is -2.34. The first-order valence-corrected chi connectivity index (χ1v) is 8.94. The Bertz CT molecular complexity index is 451. The van der Waals surface area contributed by atoms with Crippen molar-refractivity contribution in [3.8, 4) is 0 Å². The molecule has 1 aromatic carbocycles. The van der Waals surface area contributed by atoms with Gasteiger partial charge in [0.1, 0.15) is 0 Å². The van der Waals surface area contributed by atoms with E-state index in [-0.39, 0.29) is 0 Å². The molecule has 3 rings (SSSR count). The van der Waals surface area contributed by atoms with E-state index in [1.807, 2.05) is 0 Å². The van der Waals surface area contributed by atoms with Crippen LogP contribution in [0.2, 0.25) is 0 Å². The number of piperidine rings is 1. The molecule has 0 bridgehead atoms. The zero-order valence-electron chi connectivity index (χ0n) is 13.8. The fourth-order valence-corrected chi connectivity index (χ4v) is 3.90. The van der Waals surface area contributed by atoms with Gasteiger partial charge in [0.05, 0.1) is 0 Å². The second kappa shape index (κ2) is 7.47. The first-order chi connectivity index (χ1) is 10.8. The molecule has 122 valence electrons. The Hall–Kier alpha value is -1.06. The molecule has 1 saturated carbocycles. The highest BCUT2D eigenvalue weighted by Gasteiger charge is 2.22. The van der Waals surface area contributed by atoms with Crippen LogP contribution in [0.25, 0.3) is 0 Å². The van der Waals surface area contributed by atoms with Crippen molar-refractivity contribution in [2.45, 2.75) is 51.6 Å². The van der Waals surface area contributed by atoms with Crippen LogP contribution in [-0.2, 0) is 6.54 Å². The Labute approximate surface area is 134 Å². The summed E-state index contributed by atoms with van der Waals surface area (Å²) in [7, 11) is 0. The second-order valence-electron chi connectivity index (χ2n) is 7.18. The Kier molecular flexibility index (Phi) is 5.37. The first kappa shape index (κ1) is 15.8. The standard InChI is InChI=1S/C19H30N2O/c1-15-3-2-4-19(15)20-13-16-5-7-18(8-6-16)21-11-9-17(14-22)10-12-21/h5-8,15,17,19-20,22H,2-4,9-14H2,1H3. The van der Waals surface area contributed by atoms with Gasteiger partial charge >= 0.3 is 0 Å². The average molecular weight is 302 g/mol. The summed E-state index contributed by atoms with van der Waals surface area (Å²) in [6, 6.07) is 9.75. The minimum atomic E-state index is 0.345. The Morgan fingerprint density at radius 2 is 1.82 bits per heavy atom. The van der Waals surface area contributed by atoms with Gasteiger partial charge in [0.2, 0.25) is 0 Å². The van der Waals surface area contributed by atoms with E-state index in [1.165, 1.54) is 30.5 Å². The number of nitrogens with zero attached hydrogens (tertiary/aromatic N) is 1. The van der Waals surface area contributed by atoms with Crippen molar-refractivity contribution in [2.24, 2.45) is 11.8 Å². The zero-order chi connectivity index (χ0) is 15.4. The van der Waals surface area contributed by atoms with Gasteiger partial charge in [0, 0.05) is 38.0 Å². The van der Waals surface area contributed by atoms with Crippen LogP contribution in [0, 0.1) is 11.8 Å². The molecule has 1 saturated heterocycles. The third kappa shape index (κ3) is 3.82. The van der Waals surface area contributed by atoms with E-state index in [0.29, 0.717) is 18.6 Å². The van der Waals surface area contributed by atoms with Crippen molar-refractivity contribution >= 4 is 5.69 Å². The van der Waals surface area contributed by atoms with Gasteiger partial charge in [-0.2, -0.15) is 0 Å². The minimum absolute atomic E-state index is 0.345. The number of rotatable bonds is 5. The maximum atomic E-state index is 9.23. The van der Waals surface area contributed by atoms with E-state index in [1.54, 1.807) is 0 Å². The van der Waals surface area contributed by atoms with Crippen LogP contribution in [0.1, 0.15) is 44.6 Å². The van der Waals surface area contributed by atoms with Gasteiger partial charge < -0.3 is 15.3 Å². The van der Waals surface area contributed by atoms with Crippen molar-refractivity contribution in [1.29, 1.82) is 0 Å². The van der Waals surface area contributed by atoms with Crippen LogP contribution in [-0.4, -0.2) is 30.8 Å². The lowest BCUT2D eigenvalue weighted by Gasteiger charge is -2.33. The quantitative estimate of drug-likeness (QED) is 0.877. The molecular formula is C19H30N2O. The predicted molar refractivity (Wildman–Crippen MR) is 92.1 cm³/mol. The molecule has 2 aliphatic rings. The van der Waals surface area contributed by atoms with Gasteiger partial charge in [-0.25, -0.2) is 0 Å². The third-order valence-corrected chi connectivity index (χ3v) is 5.60. The number of anilines is 1. The number of hydrogen-bond donors (Lipinski definition) is 2. The van der Waals surface area contributed by atoms with Gasteiger partial charge in [-0.1, -0.05) is 25.5 Å². The minimum Gasteiger partial charge on any atom is -0.396 e. The molecule has 0 aromatic heterocycles. The van der Waals surface area contributed by atoms with E-state index in [9.17, 15) is 5.11 Å². The van der Waals surface area contributed by atoms with Crippen molar-refractivity contribution in [2.75, 3.05) is 24.6 Å². The molecule has 22 heavy (non-hydrogen) atoms. The lowest BCUT2D eigenvalue weighted by molar-refractivity contribution is 0.203. The molecular weight excluding hydrogens is 272 g/mol. The average Bonchev–Trinajstić information content (AvgIpc) is 2.99. The molecule has 0 amide bonds. The lowest BCUT2D eigenvalue weighted by atomic mass is 9.97. The van der Waals surface area contributed by atoms with E-state index in [4.69, 9.17) is 0 Å². The maximum absolute atomic E-state index is 9.23. The van der Waals surface area contributed by atoms with Crippen LogP contribution in [0.3, 0.4) is 0 Å². The third-order valence-electron chi connectivity index (χ3n) is 5.60. The van der Waals surface area contributed by atoms with Gasteiger partial charge in [-0.05, 0) is 55.2 Å². The summed E-state index contributed by atoms with van der Waals surface area (Å²) in [5.41, 5.74) is 2.71. The molecule has 2 unspecified atom stereocenters. The summed E-state index contributed by atoms with van der Waals surface area (Å²) in [5.74, 6) is 1.33. The molecule has 1 aliphatic carbocycles. The van der Waals surface area contributed by atoms with Crippen molar-refractivity contribution in [3.05, 3.63) is 29.8 Å². The van der Waals surface area contributed by atoms with E-state index in [2.05, 4.69) is 41.4 Å². The normalized spacial score (nSPS) is 26.5. The molecule has 0 radical (unpaired) electrons. The first-order valence-electron chi connectivity index (χ1n) is 8.94. The van der Waals surface area contributed by atoms with Crippen LogP contribution in [0.5, 0.6) is 0 Å². The number of nitrogens with one attached hydrogen (secondary N) is 1. The van der Waals surface area contributed by atoms with E-state index >= 15 is 0 Å². The molecule has 1 heterocycles. The number of aliphatic hydroxyl groups excluding tert-OH is 1. The summed E-state index contributed by atoms with van der Waals surface area (Å²) in [5, 5.41) is 12.9. The maximum Gasteiger partial charge on any atom is 0.0460 e. The smallest absolute Gasteiger partial charge is 0.0460 e. The molecule has 2 fully saturated rings. The van der Waals surface area contributed by atoms with Crippen molar-refractivity contribution < 1.29 is 5.11 Å². The highest BCUT2D eigenvalue weighted by atomic mass is 16.3. The molecule has 0 spiro atoms. The largest absolute Gasteiger partial charge is 0.396 e. The van der Waals surface area contributed by atoms with Gasteiger partial charge in [-0.15, -0.1) is 0 Å². The summed E-state index contributed by atoms with van der Waals surface area (Å²) < 4.78 is 0. The van der Waals surface area contributed by atoms with E-state index in [0.717, 1.165) is 38.4 Å². The van der Waals surface area contributed by atoms with Gasteiger partial charge in [-0.3, -0.25) is 0 Å². The van der Waals surface area contributed by atoms with Crippen molar-refractivity contribution in [3.63, 3.8) is 0 Å². The summed E-state index contributed by atoms with van der Waals surface area (Å²) in [4.78, 5) is 2.45. The summed E-state index contributed by atoms with van der Waals surface area (Å²) in [6.45, 7) is 5.84. The summed E-state index contributed by atoms with van der Waals surface area (Å²) in [6.07, 6.45) is 6.31. The van der Waals surface area contributed by atoms with Gasteiger partial charge in [0.15, 0.2) is 0 Å². The molecule has 2 atom stereocenters. The molecule has 3 heteroatoms. The molecule has 2 N–H and O–H groups in total. The topological polar surface area (TPSA) is 35.5 Å². The van der Waals surface area contributed by atoms with Crippen LogP contribution in [0.15, 0.2) is 24.3 Å². The fraction of sp³-hybridized carbons (Fsp3) is 0.684. The Morgan fingerprint density at radius 1 is 1.09 bits per heavy atom.